The number of unbranched alkanes of at least 4 members (excludes halogenated alkanes) is 3. The fourth-order valence-electron chi connectivity index (χ4n) is 3.47. The highest BCUT2D eigenvalue weighted by Crippen LogP contribution is 2.40. The van der Waals surface area contributed by atoms with Crippen LogP contribution in [-0.4, -0.2) is 21.4 Å². The van der Waals surface area contributed by atoms with Gasteiger partial charge in [0.1, 0.15) is 5.82 Å². The Bertz CT molecular complexity index is 844. The predicted octanol–water partition coefficient (Wildman–Crippen LogP) is 5.25. The monoisotopic (exact) mass is 451 g/mol. The molecule has 27 heavy (non-hydrogen) atoms. The van der Waals surface area contributed by atoms with E-state index in [1.54, 1.807) is 0 Å². The number of benzene rings is 1. The van der Waals surface area contributed by atoms with Crippen LogP contribution in [0.5, 0.6) is 0 Å². The minimum atomic E-state index is -0.163. The molecule has 2 heterocycles. The van der Waals surface area contributed by atoms with E-state index < -0.39 is 0 Å². The van der Waals surface area contributed by atoms with E-state index in [1.165, 1.54) is 31.0 Å². The van der Waals surface area contributed by atoms with Gasteiger partial charge in [-0.3, -0.25) is 19.4 Å². The van der Waals surface area contributed by atoms with E-state index in [1.807, 2.05) is 28.9 Å². The highest BCUT2D eigenvalue weighted by molar-refractivity contribution is 9.10. The molecule has 2 aromatic rings. The molecule has 7 heteroatoms. The van der Waals surface area contributed by atoms with E-state index in [-0.39, 0.29) is 22.8 Å². The van der Waals surface area contributed by atoms with Gasteiger partial charge in [-0.15, -0.1) is 11.8 Å². The topological polar surface area (TPSA) is 66.9 Å². The number of hydrogen-bond donors (Lipinski definition) is 2. The first-order valence-electron chi connectivity index (χ1n) is 9.52. The fourth-order valence-corrected chi connectivity index (χ4v) is 4.86. The molecule has 1 aromatic carbocycles. The highest BCUT2D eigenvalue weighted by Gasteiger charge is 2.31. The number of hydrogen-bond acceptors (Lipinski definition) is 3. The second-order valence-corrected chi connectivity index (χ2v) is 9.07. The summed E-state index contributed by atoms with van der Waals surface area (Å²) in [5.74, 6) is 0.900. The molecule has 0 radical (unpaired) electrons. The summed E-state index contributed by atoms with van der Waals surface area (Å²) < 4.78 is 2.85. The summed E-state index contributed by atoms with van der Waals surface area (Å²) in [6.45, 7) is 4.29. The number of fused-ring (bicyclic) bond motifs is 1. The summed E-state index contributed by atoms with van der Waals surface area (Å²) >= 11 is 4.95. The Hall–Kier alpha value is -1.47. The maximum absolute atomic E-state index is 12.8. The van der Waals surface area contributed by atoms with Crippen LogP contribution in [0, 0.1) is 0 Å². The molecule has 3 rings (SSSR count). The van der Waals surface area contributed by atoms with Crippen LogP contribution in [0.15, 0.2) is 33.5 Å². The van der Waals surface area contributed by atoms with Crippen LogP contribution < -0.4 is 10.9 Å². The van der Waals surface area contributed by atoms with Gasteiger partial charge in [-0.25, -0.2) is 0 Å². The van der Waals surface area contributed by atoms with Crippen LogP contribution in [-0.2, 0) is 4.79 Å². The molecule has 0 fully saturated rings. The van der Waals surface area contributed by atoms with E-state index >= 15 is 0 Å². The third-order valence-electron chi connectivity index (χ3n) is 4.95. The largest absolute Gasteiger partial charge is 0.310 e. The third-order valence-corrected chi connectivity index (χ3v) is 6.75. The molecule has 1 aromatic heterocycles. The first-order chi connectivity index (χ1) is 13.0. The quantitative estimate of drug-likeness (QED) is 0.565. The van der Waals surface area contributed by atoms with Crippen molar-refractivity contribution >= 4 is 39.4 Å². The summed E-state index contributed by atoms with van der Waals surface area (Å²) in [5.41, 5.74) is 1.56. The van der Waals surface area contributed by atoms with Crippen molar-refractivity contribution in [1.29, 1.82) is 0 Å². The normalized spacial score (nSPS) is 17.9. The Labute approximate surface area is 172 Å². The average molecular weight is 452 g/mol. The predicted molar refractivity (Wildman–Crippen MR) is 116 cm³/mol. The number of nitrogens with one attached hydrogen (secondary N) is 2. The number of rotatable bonds is 7. The Morgan fingerprint density at radius 3 is 2.67 bits per heavy atom. The van der Waals surface area contributed by atoms with Gasteiger partial charge in [-0.2, -0.15) is 0 Å². The fraction of sp³-hybridized carbons (Fsp3) is 0.500. The van der Waals surface area contributed by atoms with Crippen molar-refractivity contribution in [2.45, 2.75) is 57.2 Å². The molecule has 0 unspecified atom stereocenters. The summed E-state index contributed by atoms with van der Waals surface area (Å²) in [6.07, 6.45) is 5.71. The number of H-pyrrole nitrogens is 1. The lowest BCUT2D eigenvalue weighted by molar-refractivity contribution is -0.113. The Kier molecular flexibility index (Phi) is 6.87. The smallest absolute Gasteiger partial charge is 0.270 e. The molecule has 0 bridgehead atoms. The van der Waals surface area contributed by atoms with E-state index in [0.29, 0.717) is 17.1 Å². The lowest BCUT2D eigenvalue weighted by atomic mass is 10.1. The van der Waals surface area contributed by atoms with Gasteiger partial charge < -0.3 is 5.32 Å². The zero-order valence-corrected chi connectivity index (χ0v) is 18.2. The maximum atomic E-state index is 12.8. The average Bonchev–Trinajstić information content (AvgIpc) is 2.85. The van der Waals surface area contributed by atoms with Crippen LogP contribution in [0.4, 0.5) is 5.82 Å². The maximum Gasteiger partial charge on any atom is 0.270 e. The van der Waals surface area contributed by atoms with Crippen molar-refractivity contribution in [3.05, 3.63) is 50.2 Å². The zero-order chi connectivity index (χ0) is 19.4. The second kappa shape index (κ2) is 9.15. The summed E-state index contributed by atoms with van der Waals surface area (Å²) in [5, 5.41) is 5.78. The zero-order valence-electron chi connectivity index (χ0n) is 15.8. The van der Waals surface area contributed by atoms with Crippen molar-refractivity contribution in [2.24, 2.45) is 0 Å². The number of nitrogens with zero attached hydrogens (tertiary/aromatic N) is 1. The van der Waals surface area contributed by atoms with Gasteiger partial charge in [0.15, 0.2) is 0 Å². The minimum Gasteiger partial charge on any atom is -0.310 e. The molecule has 0 spiro atoms. The molecule has 2 N–H and O–H groups in total. The van der Waals surface area contributed by atoms with Crippen molar-refractivity contribution in [1.82, 2.24) is 9.78 Å². The van der Waals surface area contributed by atoms with Gasteiger partial charge in [0.25, 0.3) is 5.56 Å². The molecule has 0 aliphatic carbocycles. The number of aromatic amines is 1. The van der Waals surface area contributed by atoms with Crippen molar-refractivity contribution in [3.8, 4) is 0 Å². The standard InChI is InChI=1S/C20H26BrN3O2S/c1-3-4-5-6-7-13(2)24-19-17(20(26)23-24)18(27-12-16(25)22-19)14-8-10-15(21)11-9-14/h8-11,13,18H,3-7,12H2,1-2H3,(H,22,25)(H,23,26)/t13-,18+/m1/s1. The second-order valence-electron chi connectivity index (χ2n) is 7.06. The Morgan fingerprint density at radius 1 is 1.22 bits per heavy atom. The van der Waals surface area contributed by atoms with Crippen LogP contribution in [0.2, 0.25) is 0 Å². The molecule has 5 nitrogen and oxygen atoms in total. The summed E-state index contributed by atoms with van der Waals surface area (Å²) in [6, 6.07) is 8.08. The summed E-state index contributed by atoms with van der Waals surface area (Å²) in [4.78, 5) is 25.1. The van der Waals surface area contributed by atoms with Gasteiger partial charge in [-0.1, -0.05) is 60.7 Å². The highest BCUT2D eigenvalue weighted by atomic mass is 79.9. The third kappa shape index (κ3) is 4.69. The molecule has 0 saturated carbocycles. The number of amides is 1. The first-order valence-corrected chi connectivity index (χ1v) is 11.4. The Balaban J connectivity index is 1.94. The van der Waals surface area contributed by atoms with Crippen LogP contribution in [0.25, 0.3) is 0 Å². The van der Waals surface area contributed by atoms with Gasteiger partial charge >= 0.3 is 0 Å². The SMILES string of the molecule is CCCCCC[C@@H](C)n1[nH]c(=O)c2c1NC(=O)CS[C@H]2c1ccc(Br)cc1. The number of aromatic nitrogens is 2. The molecule has 1 aliphatic rings. The van der Waals surface area contributed by atoms with Crippen molar-refractivity contribution < 1.29 is 4.79 Å². The van der Waals surface area contributed by atoms with Gasteiger partial charge in [0, 0.05) is 10.5 Å². The number of thioether (sulfide) groups is 1. The summed E-state index contributed by atoms with van der Waals surface area (Å²) in [7, 11) is 0. The van der Waals surface area contributed by atoms with Crippen molar-refractivity contribution in [3.63, 3.8) is 0 Å². The van der Waals surface area contributed by atoms with E-state index in [9.17, 15) is 9.59 Å². The molecule has 146 valence electrons. The van der Waals surface area contributed by atoms with Crippen LogP contribution >= 0.6 is 27.7 Å². The number of halogens is 1. The molecular formula is C20H26BrN3O2S. The van der Waals surface area contributed by atoms with Crippen LogP contribution in [0.1, 0.15) is 68.4 Å². The molecule has 1 amide bonds. The molecule has 1 aliphatic heterocycles. The minimum absolute atomic E-state index is 0.0632. The first kappa shape index (κ1) is 20.3. The van der Waals surface area contributed by atoms with E-state index in [2.05, 4.69) is 40.2 Å². The van der Waals surface area contributed by atoms with Gasteiger partial charge in [0.05, 0.1) is 16.6 Å². The van der Waals surface area contributed by atoms with Gasteiger partial charge in [0.2, 0.25) is 5.91 Å². The number of anilines is 1. The lowest BCUT2D eigenvalue weighted by Gasteiger charge is -2.18. The number of carbonyl (C=O) groups excluding carboxylic acids is 1. The number of carbonyl (C=O) groups is 1. The lowest BCUT2D eigenvalue weighted by Crippen LogP contribution is -2.18. The molecule has 2 atom stereocenters. The molecular weight excluding hydrogens is 426 g/mol. The Morgan fingerprint density at radius 2 is 1.96 bits per heavy atom. The van der Waals surface area contributed by atoms with Crippen LogP contribution in [0.3, 0.4) is 0 Å². The van der Waals surface area contributed by atoms with Gasteiger partial charge in [-0.05, 0) is 31.0 Å². The van der Waals surface area contributed by atoms with Crippen molar-refractivity contribution in [2.75, 3.05) is 11.1 Å². The van der Waals surface area contributed by atoms with E-state index in [4.69, 9.17) is 0 Å². The molecule has 0 saturated heterocycles. The van der Waals surface area contributed by atoms with E-state index in [0.717, 1.165) is 22.9 Å².